The molecule has 0 atom stereocenters. The highest BCUT2D eigenvalue weighted by molar-refractivity contribution is 5.79. The van der Waals surface area contributed by atoms with Gasteiger partial charge in [-0.15, -0.1) is 0 Å². The molecule has 1 N–H and O–H groups in total. The van der Waals surface area contributed by atoms with Crippen molar-refractivity contribution in [1.29, 1.82) is 0 Å². The van der Waals surface area contributed by atoms with E-state index in [1.165, 1.54) is 0 Å². The zero-order chi connectivity index (χ0) is 20.1. The maximum Gasteiger partial charge on any atom is 0.224 e. The quantitative estimate of drug-likeness (QED) is 0.648. The molecule has 6 heteroatoms. The van der Waals surface area contributed by atoms with Gasteiger partial charge in [-0.25, -0.2) is 4.98 Å². The number of nitrogens with zero attached hydrogens (tertiary/aromatic N) is 2. The Morgan fingerprint density at radius 1 is 1.11 bits per heavy atom. The molecule has 0 unspecified atom stereocenters. The second-order valence-electron chi connectivity index (χ2n) is 6.95. The molecule has 0 aliphatic heterocycles. The molecule has 6 nitrogen and oxygen atoms in total. The zero-order valence-corrected chi connectivity index (χ0v) is 16.9. The van der Waals surface area contributed by atoms with E-state index in [1.807, 2.05) is 36.4 Å². The molecule has 0 radical (unpaired) electrons. The Morgan fingerprint density at radius 3 is 2.57 bits per heavy atom. The summed E-state index contributed by atoms with van der Waals surface area (Å²) in [5.74, 6) is 2.24. The van der Waals surface area contributed by atoms with Gasteiger partial charge in [0.1, 0.15) is 5.82 Å². The molecule has 3 aromatic rings. The SMILES string of the molecule is COc1ccc(CC(=O)NCCc2nc3ccccc3n2C(C)C)cc1OC. The Labute approximate surface area is 165 Å². The number of ether oxygens (including phenoxy) is 2. The topological polar surface area (TPSA) is 65.4 Å². The van der Waals surface area contributed by atoms with E-state index < -0.39 is 0 Å². The smallest absolute Gasteiger partial charge is 0.224 e. The van der Waals surface area contributed by atoms with Crippen molar-refractivity contribution in [2.45, 2.75) is 32.7 Å². The highest BCUT2D eigenvalue weighted by atomic mass is 16.5. The molecule has 148 valence electrons. The molecule has 0 fully saturated rings. The number of methoxy groups -OCH3 is 2. The van der Waals surface area contributed by atoms with Crippen molar-refractivity contribution in [3.8, 4) is 11.5 Å². The number of amides is 1. The number of hydrogen-bond acceptors (Lipinski definition) is 4. The minimum atomic E-state index is -0.0283. The van der Waals surface area contributed by atoms with Gasteiger partial charge in [-0.2, -0.15) is 0 Å². The summed E-state index contributed by atoms with van der Waals surface area (Å²) in [7, 11) is 3.18. The maximum atomic E-state index is 12.3. The van der Waals surface area contributed by atoms with Crippen molar-refractivity contribution in [3.63, 3.8) is 0 Å². The molecule has 0 aliphatic rings. The summed E-state index contributed by atoms with van der Waals surface area (Å²) in [5, 5.41) is 2.99. The van der Waals surface area contributed by atoms with Gasteiger partial charge in [-0.1, -0.05) is 18.2 Å². The Bertz CT molecular complexity index is 963. The van der Waals surface area contributed by atoms with Crippen LogP contribution in [0.2, 0.25) is 0 Å². The van der Waals surface area contributed by atoms with E-state index in [1.54, 1.807) is 14.2 Å². The average Bonchev–Trinajstić information content (AvgIpc) is 3.06. The molecule has 1 heterocycles. The third-order valence-corrected chi connectivity index (χ3v) is 4.67. The summed E-state index contributed by atoms with van der Waals surface area (Å²) in [6.07, 6.45) is 0.978. The van der Waals surface area contributed by atoms with Crippen LogP contribution in [0.5, 0.6) is 11.5 Å². The van der Waals surface area contributed by atoms with Gasteiger partial charge in [0, 0.05) is 19.0 Å². The van der Waals surface area contributed by atoms with Crippen molar-refractivity contribution < 1.29 is 14.3 Å². The molecular weight excluding hydrogens is 354 g/mol. The molecule has 1 aromatic heterocycles. The Kier molecular flexibility index (Phi) is 6.19. The number of aromatic nitrogens is 2. The summed E-state index contributed by atoms with van der Waals surface area (Å²) in [4.78, 5) is 17.1. The highest BCUT2D eigenvalue weighted by Crippen LogP contribution is 2.27. The number of para-hydroxylation sites is 2. The minimum Gasteiger partial charge on any atom is -0.493 e. The van der Waals surface area contributed by atoms with E-state index >= 15 is 0 Å². The first-order valence-corrected chi connectivity index (χ1v) is 9.47. The third-order valence-electron chi connectivity index (χ3n) is 4.67. The van der Waals surface area contributed by atoms with Crippen LogP contribution in [0.15, 0.2) is 42.5 Å². The number of nitrogens with one attached hydrogen (secondary N) is 1. The average molecular weight is 381 g/mol. The second kappa shape index (κ2) is 8.78. The fourth-order valence-electron chi connectivity index (χ4n) is 3.40. The first-order chi connectivity index (χ1) is 13.5. The van der Waals surface area contributed by atoms with Crippen molar-refractivity contribution in [2.75, 3.05) is 20.8 Å². The van der Waals surface area contributed by atoms with Crippen molar-refractivity contribution in [1.82, 2.24) is 14.9 Å². The Morgan fingerprint density at radius 2 is 1.86 bits per heavy atom. The van der Waals surface area contributed by atoms with Crippen molar-refractivity contribution in [3.05, 3.63) is 53.9 Å². The fourth-order valence-corrected chi connectivity index (χ4v) is 3.40. The van der Waals surface area contributed by atoms with E-state index in [-0.39, 0.29) is 5.91 Å². The van der Waals surface area contributed by atoms with E-state index in [0.29, 0.717) is 36.9 Å². The van der Waals surface area contributed by atoms with Crippen LogP contribution in [-0.2, 0) is 17.6 Å². The number of carbonyl (C=O) groups is 1. The minimum absolute atomic E-state index is 0.0283. The Balaban J connectivity index is 1.62. The van der Waals surface area contributed by atoms with Crippen LogP contribution in [-0.4, -0.2) is 36.2 Å². The summed E-state index contributed by atoms with van der Waals surface area (Å²) in [6.45, 7) is 4.84. The molecule has 0 bridgehead atoms. The van der Waals surface area contributed by atoms with E-state index in [4.69, 9.17) is 14.5 Å². The van der Waals surface area contributed by atoms with Gasteiger partial charge < -0.3 is 19.4 Å². The summed E-state index contributed by atoms with van der Waals surface area (Å²) < 4.78 is 12.8. The molecule has 0 saturated heterocycles. The van der Waals surface area contributed by atoms with Crippen LogP contribution in [0.4, 0.5) is 0 Å². The lowest BCUT2D eigenvalue weighted by Gasteiger charge is -2.13. The number of fused-ring (bicyclic) bond motifs is 1. The molecular formula is C22H27N3O3. The van der Waals surface area contributed by atoms with E-state index in [0.717, 1.165) is 22.4 Å². The van der Waals surface area contributed by atoms with Crippen LogP contribution in [0.25, 0.3) is 11.0 Å². The van der Waals surface area contributed by atoms with Gasteiger partial charge in [0.15, 0.2) is 11.5 Å². The number of rotatable bonds is 8. The van der Waals surface area contributed by atoms with Crippen LogP contribution >= 0.6 is 0 Å². The molecule has 1 amide bonds. The number of benzene rings is 2. The van der Waals surface area contributed by atoms with Gasteiger partial charge in [-0.3, -0.25) is 4.79 Å². The van der Waals surface area contributed by atoms with E-state index in [2.05, 4.69) is 29.8 Å². The number of carbonyl (C=O) groups excluding carboxylic acids is 1. The highest BCUT2D eigenvalue weighted by Gasteiger charge is 2.13. The maximum absolute atomic E-state index is 12.3. The van der Waals surface area contributed by atoms with Gasteiger partial charge in [0.05, 0.1) is 31.7 Å². The predicted molar refractivity (Wildman–Crippen MR) is 110 cm³/mol. The van der Waals surface area contributed by atoms with Crippen molar-refractivity contribution >= 4 is 16.9 Å². The normalized spacial score (nSPS) is 11.0. The molecule has 3 rings (SSSR count). The Hall–Kier alpha value is -3.02. The van der Waals surface area contributed by atoms with Crippen LogP contribution in [0.3, 0.4) is 0 Å². The lowest BCUT2D eigenvalue weighted by molar-refractivity contribution is -0.120. The van der Waals surface area contributed by atoms with Crippen molar-refractivity contribution in [2.24, 2.45) is 0 Å². The standard InChI is InChI=1S/C22H27N3O3/c1-15(2)25-18-8-6-5-7-17(18)24-21(25)11-12-23-22(26)14-16-9-10-19(27-3)20(13-16)28-4/h5-10,13,15H,11-12,14H2,1-4H3,(H,23,26). The lowest BCUT2D eigenvalue weighted by atomic mass is 10.1. The summed E-state index contributed by atoms with van der Waals surface area (Å²) in [5.41, 5.74) is 3.00. The number of hydrogen-bond donors (Lipinski definition) is 1. The molecule has 0 spiro atoms. The lowest BCUT2D eigenvalue weighted by Crippen LogP contribution is -2.28. The third kappa shape index (κ3) is 4.27. The molecule has 28 heavy (non-hydrogen) atoms. The summed E-state index contributed by atoms with van der Waals surface area (Å²) in [6, 6.07) is 14.0. The zero-order valence-electron chi connectivity index (χ0n) is 16.9. The van der Waals surface area contributed by atoms with Crippen LogP contribution in [0.1, 0.15) is 31.3 Å². The van der Waals surface area contributed by atoms with Gasteiger partial charge in [0.2, 0.25) is 5.91 Å². The van der Waals surface area contributed by atoms with Gasteiger partial charge in [-0.05, 0) is 43.7 Å². The first kappa shape index (κ1) is 19.7. The molecule has 0 aliphatic carbocycles. The number of imidazole rings is 1. The monoisotopic (exact) mass is 381 g/mol. The van der Waals surface area contributed by atoms with Gasteiger partial charge >= 0.3 is 0 Å². The second-order valence-corrected chi connectivity index (χ2v) is 6.95. The molecule has 0 saturated carbocycles. The fraction of sp³-hybridized carbons (Fsp3) is 0.364. The summed E-state index contributed by atoms with van der Waals surface area (Å²) >= 11 is 0. The predicted octanol–water partition coefficient (Wildman–Crippen LogP) is 3.54. The molecule has 2 aromatic carbocycles. The largest absolute Gasteiger partial charge is 0.493 e. The van der Waals surface area contributed by atoms with E-state index in [9.17, 15) is 4.79 Å². The first-order valence-electron chi connectivity index (χ1n) is 9.47. The van der Waals surface area contributed by atoms with Gasteiger partial charge in [0.25, 0.3) is 0 Å². The van der Waals surface area contributed by atoms with Crippen LogP contribution < -0.4 is 14.8 Å². The van der Waals surface area contributed by atoms with Crippen LogP contribution in [0, 0.1) is 0 Å².